The summed E-state index contributed by atoms with van der Waals surface area (Å²) in [5.41, 5.74) is 0. The van der Waals surface area contributed by atoms with Gasteiger partial charge in [0.05, 0.1) is 6.61 Å². The molecule has 0 aromatic carbocycles. The van der Waals surface area contributed by atoms with Crippen LogP contribution in [0.1, 0.15) is 44.9 Å². The average Bonchev–Trinajstić information content (AvgIpc) is 2.52. The van der Waals surface area contributed by atoms with Crippen molar-refractivity contribution in [2.45, 2.75) is 75.7 Å². The third kappa shape index (κ3) is 7.11. The van der Waals surface area contributed by atoms with Crippen LogP contribution >= 0.6 is 0 Å². The predicted octanol–water partition coefficient (Wildman–Crippen LogP) is -0.382. The van der Waals surface area contributed by atoms with Crippen LogP contribution in [0.4, 0.5) is 0 Å². The number of aliphatic hydroxyl groups is 4. The molecular weight excluding hydrogens is 308 g/mol. The lowest BCUT2D eigenvalue weighted by molar-refractivity contribution is -0.301. The number of carboxylic acids is 1. The zero-order valence-electron chi connectivity index (χ0n) is 13.2. The number of unbranched alkanes of at least 4 members (excludes halogenated alkanes) is 5. The van der Waals surface area contributed by atoms with E-state index in [2.05, 4.69) is 0 Å². The molecule has 0 aromatic heterocycles. The lowest BCUT2D eigenvalue weighted by atomic mass is 9.99. The van der Waals surface area contributed by atoms with Crippen LogP contribution in [0.3, 0.4) is 0 Å². The van der Waals surface area contributed by atoms with Gasteiger partial charge in [0.15, 0.2) is 6.29 Å². The van der Waals surface area contributed by atoms with Crippen molar-refractivity contribution in [3.63, 3.8) is 0 Å². The highest BCUT2D eigenvalue weighted by molar-refractivity contribution is 5.66. The molecule has 136 valence electrons. The Hall–Kier alpha value is -0.770. The summed E-state index contributed by atoms with van der Waals surface area (Å²) in [6.45, 7) is -0.140. The molecule has 8 nitrogen and oxygen atoms in total. The molecule has 5 atom stereocenters. The SMILES string of the molecule is O=C(O)CCCCCCCCO[C@@H]1O[C@@H](CO)[C@H](O)[C@H](O)[C@H]1O. The topological polar surface area (TPSA) is 137 Å². The number of ether oxygens (including phenoxy) is 2. The second kappa shape index (κ2) is 10.9. The minimum absolute atomic E-state index is 0.209. The summed E-state index contributed by atoms with van der Waals surface area (Å²) in [5, 5.41) is 46.6. The van der Waals surface area contributed by atoms with Gasteiger partial charge in [-0.25, -0.2) is 0 Å². The monoisotopic (exact) mass is 336 g/mol. The highest BCUT2D eigenvalue weighted by Gasteiger charge is 2.43. The van der Waals surface area contributed by atoms with E-state index in [1.54, 1.807) is 0 Å². The van der Waals surface area contributed by atoms with Crippen LogP contribution in [0.25, 0.3) is 0 Å². The molecule has 0 spiro atoms. The fourth-order valence-corrected chi connectivity index (χ4v) is 2.49. The predicted molar refractivity (Wildman–Crippen MR) is 79.7 cm³/mol. The van der Waals surface area contributed by atoms with Crippen molar-refractivity contribution in [3.05, 3.63) is 0 Å². The Morgan fingerprint density at radius 1 is 0.913 bits per heavy atom. The maximum Gasteiger partial charge on any atom is 0.303 e. The highest BCUT2D eigenvalue weighted by atomic mass is 16.7. The maximum atomic E-state index is 10.3. The minimum atomic E-state index is -1.42. The lowest BCUT2D eigenvalue weighted by Crippen LogP contribution is -2.59. The van der Waals surface area contributed by atoms with Gasteiger partial charge < -0.3 is 35.0 Å². The number of hydrogen-bond donors (Lipinski definition) is 5. The van der Waals surface area contributed by atoms with Crippen molar-refractivity contribution < 1.29 is 39.8 Å². The molecule has 0 amide bonds. The molecular formula is C15H28O8. The van der Waals surface area contributed by atoms with Crippen LogP contribution < -0.4 is 0 Å². The Balaban J connectivity index is 2.09. The minimum Gasteiger partial charge on any atom is -0.481 e. The summed E-state index contributed by atoms with van der Waals surface area (Å²) in [6, 6.07) is 0. The molecule has 1 heterocycles. The van der Waals surface area contributed by atoms with Gasteiger partial charge in [-0.05, 0) is 12.8 Å². The smallest absolute Gasteiger partial charge is 0.303 e. The van der Waals surface area contributed by atoms with Crippen molar-refractivity contribution in [2.75, 3.05) is 13.2 Å². The van der Waals surface area contributed by atoms with E-state index < -0.39 is 43.3 Å². The van der Waals surface area contributed by atoms with Gasteiger partial charge in [0.1, 0.15) is 24.4 Å². The quantitative estimate of drug-likeness (QED) is 0.322. The first-order valence-corrected chi connectivity index (χ1v) is 8.11. The summed E-state index contributed by atoms with van der Waals surface area (Å²) in [7, 11) is 0. The van der Waals surface area contributed by atoms with Crippen LogP contribution in [-0.2, 0) is 14.3 Å². The van der Waals surface area contributed by atoms with E-state index >= 15 is 0 Å². The number of hydrogen-bond acceptors (Lipinski definition) is 7. The third-order valence-electron chi connectivity index (χ3n) is 3.92. The molecule has 0 aromatic rings. The molecule has 0 radical (unpaired) electrons. The Morgan fingerprint density at radius 2 is 1.52 bits per heavy atom. The molecule has 0 aliphatic carbocycles. The molecule has 8 heteroatoms. The van der Waals surface area contributed by atoms with Gasteiger partial charge >= 0.3 is 5.97 Å². The van der Waals surface area contributed by atoms with E-state index in [1.165, 1.54) is 0 Å². The van der Waals surface area contributed by atoms with Gasteiger partial charge in [-0.1, -0.05) is 25.7 Å². The third-order valence-corrected chi connectivity index (χ3v) is 3.92. The van der Waals surface area contributed by atoms with E-state index in [1.807, 2.05) is 0 Å². The number of aliphatic hydroxyl groups excluding tert-OH is 4. The Labute approximate surface area is 135 Å². The second-order valence-electron chi connectivity index (χ2n) is 5.83. The van der Waals surface area contributed by atoms with Crippen molar-refractivity contribution in [3.8, 4) is 0 Å². The Morgan fingerprint density at radius 3 is 2.13 bits per heavy atom. The van der Waals surface area contributed by atoms with Crippen LogP contribution in [-0.4, -0.2) is 75.4 Å². The fourth-order valence-electron chi connectivity index (χ4n) is 2.49. The second-order valence-corrected chi connectivity index (χ2v) is 5.83. The van der Waals surface area contributed by atoms with Gasteiger partial charge in [0.25, 0.3) is 0 Å². The van der Waals surface area contributed by atoms with Gasteiger partial charge in [-0.2, -0.15) is 0 Å². The van der Waals surface area contributed by atoms with Crippen LogP contribution in [0.2, 0.25) is 0 Å². The van der Waals surface area contributed by atoms with Crippen LogP contribution in [0.5, 0.6) is 0 Å². The molecule has 5 N–H and O–H groups in total. The van der Waals surface area contributed by atoms with Gasteiger partial charge in [-0.15, -0.1) is 0 Å². The normalized spacial score (nSPS) is 31.2. The summed E-state index contributed by atoms with van der Waals surface area (Å²) < 4.78 is 10.6. The first-order valence-electron chi connectivity index (χ1n) is 8.11. The molecule has 1 rings (SSSR count). The maximum absolute atomic E-state index is 10.3. The van der Waals surface area contributed by atoms with E-state index in [4.69, 9.17) is 19.7 Å². The molecule has 0 bridgehead atoms. The molecule has 1 aliphatic rings. The standard InChI is InChI=1S/C15H28O8/c16-9-10-12(19)13(20)14(21)15(23-10)22-8-6-4-2-1-3-5-7-11(17)18/h10,12-16,19-21H,1-9H2,(H,17,18)/t10-,12-,13-,14+,15+/m0/s1. The van der Waals surface area contributed by atoms with E-state index in [9.17, 15) is 20.1 Å². The summed E-state index contributed by atoms with van der Waals surface area (Å²) in [5.74, 6) is -0.766. The fraction of sp³-hybridized carbons (Fsp3) is 0.933. The highest BCUT2D eigenvalue weighted by Crippen LogP contribution is 2.22. The summed E-state index contributed by atoms with van der Waals surface area (Å²) in [4.78, 5) is 10.3. The van der Waals surface area contributed by atoms with E-state index in [-0.39, 0.29) is 6.42 Å². The number of aliphatic carboxylic acids is 1. The average molecular weight is 336 g/mol. The largest absolute Gasteiger partial charge is 0.481 e. The molecule has 1 saturated heterocycles. The van der Waals surface area contributed by atoms with Crippen molar-refractivity contribution in [2.24, 2.45) is 0 Å². The van der Waals surface area contributed by atoms with Crippen molar-refractivity contribution in [1.82, 2.24) is 0 Å². The first-order chi connectivity index (χ1) is 11.0. The molecule has 0 saturated carbocycles. The summed E-state index contributed by atoms with van der Waals surface area (Å²) >= 11 is 0. The Kier molecular flexibility index (Phi) is 9.61. The van der Waals surface area contributed by atoms with Crippen molar-refractivity contribution >= 4 is 5.97 Å². The number of carboxylic acid groups (broad SMARTS) is 1. The number of carbonyl (C=O) groups is 1. The van der Waals surface area contributed by atoms with E-state index in [0.29, 0.717) is 13.0 Å². The summed E-state index contributed by atoms with van der Waals surface area (Å²) in [6.07, 6.45) is -0.793. The first kappa shape index (κ1) is 20.3. The lowest BCUT2D eigenvalue weighted by Gasteiger charge is -2.39. The zero-order chi connectivity index (χ0) is 17.2. The molecule has 0 unspecified atom stereocenters. The van der Waals surface area contributed by atoms with Gasteiger partial charge in [-0.3, -0.25) is 4.79 Å². The molecule has 23 heavy (non-hydrogen) atoms. The van der Waals surface area contributed by atoms with Crippen molar-refractivity contribution in [1.29, 1.82) is 0 Å². The zero-order valence-corrected chi connectivity index (χ0v) is 13.2. The Bertz CT molecular complexity index is 335. The molecule has 1 fully saturated rings. The van der Waals surface area contributed by atoms with E-state index in [0.717, 1.165) is 32.1 Å². The van der Waals surface area contributed by atoms with Crippen LogP contribution in [0, 0.1) is 0 Å². The number of rotatable bonds is 11. The van der Waals surface area contributed by atoms with Crippen LogP contribution in [0.15, 0.2) is 0 Å². The molecule has 1 aliphatic heterocycles. The van der Waals surface area contributed by atoms with Gasteiger partial charge in [0, 0.05) is 13.0 Å². The van der Waals surface area contributed by atoms with Gasteiger partial charge in [0.2, 0.25) is 0 Å².